The van der Waals surface area contributed by atoms with Crippen LogP contribution in [0.3, 0.4) is 0 Å². The average molecular weight is 289 g/mol. The summed E-state index contributed by atoms with van der Waals surface area (Å²) in [5.41, 5.74) is -4.27. The summed E-state index contributed by atoms with van der Waals surface area (Å²) in [5, 5.41) is 1.45. The first-order valence-electron chi connectivity index (χ1n) is 4.84. The minimum Gasteiger partial charge on any atom is -0.321 e. The van der Waals surface area contributed by atoms with Crippen molar-refractivity contribution in [3.63, 3.8) is 0 Å². The molecule has 1 aromatic rings. The van der Waals surface area contributed by atoms with Crippen LogP contribution in [0, 0.1) is 23.3 Å². The topological polar surface area (TPSA) is 29.1 Å². The van der Waals surface area contributed by atoms with Crippen LogP contribution < -0.4 is 5.32 Å². The first-order chi connectivity index (χ1) is 8.61. The Morgan fingerprint density at radius 3 is 1.74 bits per heavy atom. The summed E-state index contributed by atoms with van der Waals surface area (Å²) in [5.74, 6) is -10.9. The van der Waals surface area contributed by atoms with E-state index in [-0.39, 0.29) is 6.42 Å². The number of hydrogen-bond donors (Lipinski definition) is 1. The van der Waals surface area contributed by atoms with E-state index in [1.54, 1.807) is 0 Å². The molecular weight excluding hydrogens is 283 g/mol. The molecule has 0 unspecified atom stereocenters. The highest BCUT2D eigenvalue weighted by molar-refractivity contribution is 5.90. The van der Waals surface area contributed by atoms with Gasteiger partial charge in [0.25, 0.3) is 0 Å². The Morgan fingerprint density at radius 2 is 1.42 bits per heavy atom. The Labute approximate surface area is 102 Å². The Balaban J connectivity index is 3.52. The predicted octanol–water partition coefficient (Wildman–Crippen LogP) is 3.61. The maximum Gasteiger partial charge on any atom is 0.422 e. The van der Waals surface area contributed by atoms with E-state index in [1.165, 1.54) is 12.2 Å². The monoisotopic (exact) mass is 289 g/mol. The Kier molecular flexibility index (Phi) is 4.06. The standard InChI is InChI=1S/C10H6F7NO/c1-2-3(19)18-9-7(13)5(11)4(10(15,16)17)6(12)8(9)14/h2H2,1H3,(H,18,19). The molecular formula is C10H6F7NO. The van der Waals surface area contributed by atoms with E-state index in [0.717, 1.165) is 0 Å². The Bertz CT molecular complexity index is 495. The predicted molar refractivity (Wildman–Crippen MR) is 50.2 cm³/mol. The average Bonchev–Trinajstić information content (AvgIpc) is 2.30. The second-order valence-electron chi connectivity index (χ2n) is 3.41. The molecule has 0 heterocycles. The molecule has 0 aliphatic rings. The van der Waals surface area contributed by atoms with Gasteiger partial charge in [-0.15, -0.1) is 0 Å². The molecule has 0 fully saturated rings. The quantitative estimate of drug-likeness (QED) is 0.654. The van der Waals surface area contributed by atoms with Gasteiger partial charge in [-0.25, -0.2) is 17.6 Å². The van der Waals surface area contributed by atoms with Gasteiger partial charge in [0.1, 0.15) is 11.3 Å². The highest BCUT2D eigenvalue weighted by Crippen LogP contribution is 2.38. The molecule has 0 spiro atoms. The summed E-state index contributed by atoms with van der Waals surface area (Å²) in [6.45, 7) is 1.27. The highest BCUT2D eigenvalue weighted by atomic mass is 19.4. The van der Waals surface area contributed by atoms with Crippen LogP contribution in [0.2, 0.25) is 0 Å². The van der Waals surface area contributed by atoms with Crippen LogP contribution in [0.15, 0.2) is 0 Å². The summed E-state index contributed by atoms with van der Waals surface area (Å²) in [7, 11) is 0. The number of rotatable bonds is 2. The summed E-state index contributed by atoms with van der Waals surface area (Å²) < 4.78 is 89.4. The van der Waals surface area contributed by atoms with Gasteiger partial charge in [0.05, 0.1) is 0 Å². The number of nitrogens with one attached hydrogen (secondary N) is 1. The third-order valence-corrected chi connectivity index (χ3v) is 2.13. The van der Waals surface area contributed by atoms with E-state index in [9.17, 15) is 35.5 Å². The Morgan fingerprint density at radius 1 is 1.00 bits per heavy atom. The number of alkyl halides is 3. The number of benzene rings is 1. The molecule has 19 heavy (non-hydrogen) atoms. The number of hydrogen-bond acceptors (Lipinski definition) is 1. The fraction of sp³-hybridized carbons (Fsp3) is 0.300. The lowest BCUT2D eigenvalue weighted by Gasteiger charge is -2.14. The van der Waals surface area contributed by atoms with Crippen molar-refractivity contribution in [2.45, 2.75) is 19.5 Å². The molecule has 0 saturated heterocycles. The number of halogens is 7. The Hall–Kier alpha value is -1.80. The zero-order valence-electron chi connectivity index (χ0n) is 9.26. The fourth-order valence-corrected chi connectivity index (χ4v) is 1.22. The van der Waals surface area contributed by atoms with Crippen molar-refractivity contribution in [2.75, 3.05) is 5.32 Å². The van der Waals surface area contributed by atoms with Crippen LogP contribution in [-0.2, 0) is 11.0 Å². The normalized spacial score (nSPS) is 11.6. The molecule has 0 aromatic heterocycles. The van der Waals surface area contributed by atoms with Gasteiger partial charge in [0.15, 0.2) is 23.3 Å². The number of anilines is 1. The van der Waals surface area contributed by atoms with E-state index >= 15 is 0 Å². The molecule has 1 amide bonds. The van der Waals surface area contributed by atoms with E-state index in [1.807, 2.05) is 0 Å². The van der Waals surface area contributed by atoms with Gasteiger partial charge < -0.3 is 5.32 Å². The van der Waals surface area contributed by atoms with Crippen molar-refractivity contribution in [1.29, 1.82) is 0 Å². The van der Waals surface area contributed by atoms with Crippen LogP contribution in [0.5, 0.6) is 0 Å². The van der Waals surface area contributed by atoms with Crippen LogP contribution in [0.4, 0.5) is 36.4 Å². The second kappa shape index (κ2) is 5.06. The van der Waals surface area contributed by atoms with Gasteiger partial charge in [-0.05, 0) is 0 Å². The van der Waals surface area contributed by atoms with Crippen molar-refractivity contribution in [1.82, 2.24) is 0 Å². The third-order valence-electron chi connectivity index (χ3n) is 2.13. The lowest BCUT2D eigenvalue weighted by molar-refractivity contribution is -0.143. The molecule has 106 valence electrons. The molecule has 2 nitrogen and oxygen atoms in total. The van der Waals surface area contributed by atoms with Crippen molar-refractivity contribution < 1.29 is 35.5 Å². The van der Waals surface area contributed by atoms with Crippen molar-refractivity contribution in [3.8, 4) is 0 Å². The number of carbonyl (C=O) groups excluding carboxylic acids is 1. The van der Waals surface area contributed by atoms with E-state index < -0.39 is 46.6 Å². The van der Waals surface area contributed by atoms with E-state index in [2.05, 4.69) is 0 Å². The maximum absolute atomic E-state index is 13.2. The van der Waals surface area contributed by atoms with Crippen LogP contribution in [-0.4, -0.2) is 5.91 Å². The van der Waals surface area contributed by atoms with Crippen molar-refractivity contribution in [2.24, 2.45) is 0 Å². The molecule has 0 saturated carbocycles. The van der Waals surface area contributed by atoms with Gasteiger partial charge >= 0.3 is 6.18 Å². The summed E-state index contributed by atoms with van der Waals surface area (Å²) in [4.78, 5) is 10.9. The van der Waals surface area contributed by atoms with Crippen LogP contribution in [0.1, 0.15) is 18.9 Å². The first kappa shape index (κ1) is 15.3. The lowest BCUT2D eigenvalue weighted by atomic mass is 10.1. The smallest absolute Gasteiger partial charge is 0.321 e. The number of amides is 1. The molecule has 0 radical (unpaired) electrons. The summed E-state index contributed by atoms with van der Waals surface area (Å²) >= 11 is 0. The molecule has 1 rings (SSSR count). The maximum atomic E-state index is 13.2. The first-order valence-corrected chi connectivity index (χ1v) is 4.84. The lowest BCUT2D eigenvalue weighted by Crippen LogP contribution is -2.19. The van der Waals surface area contributed by atoms with E-state index in [0.29, 0.717) is 0 Å². The number of carbonyl (C=O) groups is 1. The molecule has 1 N–H and O–H groups in total. The molecule has 1 aromatic carbocycles. The minimum atomic E-state index is -5.61. The van der Waals surface area contributed by atoms with Gasteiger partial charge in [-0.2, -0.15) is 13.2 Å². The SMILES string of the molecule is CCC(=O)Nc1c(F)c(F)c(C(F)(F)F)c(F)c1F. The fourth-order valence-electron chi connectivity index (χ4n) is 1.22. The summed E-state index contributed by atoms with van der Waals surface area (Å²) in [6, 6.07) is 0. The van der Waals surface area contributed by atoms with Crippen LogP contribution in [0.25, 0.3) is 0 Å². The summed E-state index contributed by atoms with van der Waals surface area (Å²) in [6.07, 6.45) is -5.90. The van der Waals surface area contributed by atoms with Crippen molar-refractivity contribution >= 4 is 11.6 Å². The molecule has 0 aliphatic heterocycles. The van der Waals surface area contributed by atoms with Crippen LogP contribution >= 0.6 is 0 Å². The van der Waals surface area contributed by atoms with Gasteiger partial charge in [0, 0.05) is 6.42 Å². The molecule has 0 bridgehead atoms. The molecule has 0 atom stereocenters. The zero-order valence-corrected chi connectivity index (χ0v) is 9.26. The van der Waals surface area contributed by atoms with Gasteiger partial charge in [-0.3, -0.25) is 4.79 Å². The zero-order chi connectivity index (χ0) is 15.0. The van der Waals surface area contributed by atoms with E-state index in [4.69, 9.17) is 0 Å². The molecule has 0 aliphatic carbocycles. The second-order valence-corrected chi connectivity index (χ2v) is 3.41. The minimum absolute atomic E-state index is 0.289. The molecule has 9 heteroatoms. The third kappa shape index (κ3) is 2.79. The largest absolute Gasteiger partial charge is 0.422 e. The van der Waals surface area contributed by atoms with Gasteiger partial charge in [0.2, 0.25) is 5.91 Å². The van der Waals surface area contributed by atoms with Crippen molar-refractivity contribution in [3.05, 3.63) is 28.8 Å². The highest BCUT2D eigenvalue weighted by Gasteiger charge is 2.42. The van der Waals surface area contributed by atoms with Gasteiger partial charge in [-0.1, -0.05) is 6.92 Å².